The average molecular weight is 376 g/mol. The quantitative estimate of drug-likeness (QED) is 0.356. The molecule has 0 saturated carbocycles. The molecule has 0 aliphatic heterocycles. The predicted octanol–water partition coefficient (Wildman–Crippen LogP) is 7.54. The summed E-state index contributed by atoms with van der Waals surface area (Å²) in [5.41, 5.74) is 11.7. The van der Waals surface area contributed by atoms with Crippen LogP contribution in [-0.2, 0) is 12.8 Å². The van der Waals surface area contributed by atoms with Gasteiger partial charge in [0, 0.05) is 17.1 Å². The minimum absolute atomic E-state index is 1.17. The van der Waals surface area contributed by atoms with Crippen LogP contribution in [0.3, 0.4) is 0 Å². The van der Waals surface area contributed by atoms with Gasteiger partial charge in [0.25, 0.3) is 0 Å². The molecule has 0 radical (unpaired) electrons. The molecule has 1 heteroatoms. The van der Waals surface area contributed by atoms with Crippen LogP contribution >= 0.6 is 0 Å². The third kappa shape index (κ3) is 3.45. The zero-order valence-electron chi connectivity index (χ0n) is 17.0. The molecule has 1 aliphatic carbocycles. The Labute approximate surface area is 173 Å². The normalized spacial score (nSPS) is 12.2. The van der Waals surface area contributed by atoms with E-state index in [9.17, 15) is 0 Å². The van der Waals surface area contributed by atoms with E-state index >= 15 is 0 Å². The third-order valence-corrected chi connectivity index (χ3v) is 5.91. The lowest BCUT2D eigenvalue weighted by Crippen LogP contribution is -2.10. The van der Waals surface area contributed by atoms with E-state index in [1.165, 1.54) is 63.3 Å². The first kappa shape index (κ1) is 17.8. The second kappa shape index (κ2) is 7.25. The summed E-state index contributed by atoms with van der Waals surface area (Å²) in [4.78, 5) is 2.32. The van der Waals surface area contributed by atoms with Crippen LogP contribution in [0.5, 0.6) is 0 Å². The van der Waals surface area contributed by atoms with E-state index in [-0.39, 0.29) is 0 Å². The van der Waals surface area contributed by atoms with Crippen LogP contribution in [0.2, 0.25) is 0 Å². The molecule has 0 fully saturated rings. The number of anilines is 3. The molecule has 0 heterocycles. The molecule has 1 aliphatic rings. The summed E-state index contributed by atoms with van der Waals surface area (Å²) in [5, 5.41) is 0. The number of benzene rings is 4. The number of hydrogen-bond donors (Lipinski definition) is 0. The fraction of sp³-hybridized carbons (Fsp3) is 0.143. The van der Waals surface area contributed by atoms with E-state index in [2.05, 4.69) is 110 Å². The number of hydrogen-bond acceptors (Lipinski definition) is 1. The van der Waals surface area contributed by atoms with Crippen molar-refractivity contribution in [3.63, 3.8) is 0 Å². The molecular formula is C28H25N. The van der Waals surface area contributed by atoms with Gasteiger partial charge in [-0.25, -0.2) is 0 Å². The zero-order chi connectivity index (χ0) is 19.8. The monoisotopic (exact) mass is 375 g/mol. The highest BCUT2D eigenvalue weighted by Crippen LogP contribution is 2.36. The molecule has 4 aromatic carbocycles. The Kier molecular flexibility index (Phi) is 4.44. The Bertz CT molecular complexity index is 1090. The van der Waals surface area contributed by atoms with Crippen molar-refractivity contribution in [2.45, 2.75) is 26.7 Å². The summed E-state index contributed by atoms with van der Waals surface area (Å²) >= 11 is 0. The maximum Gasteiger partial charge on any atom is 0.0462 e. The van der Waals surface area contributed by atoms with Gasteiger partial charge in [-0.15, -0.1) is 0 Å². The molecule has 5 rings (SSSR count). The van der Waals surface area contributed by atoms with Crippen LogP contribution < -0.4 is 4.90 Å². The highest BCUT2D eigenvalue weighted by atomic mass is 15.1. The highest BCUT2D eigenvalue weighted by molar-refractivity contribution is 5.78. The van der Waals surface area contributed by atoms with Crippen molar-refractivity contribution < 1.29 is 0 Å². The minimum Gasteiger partial charge on any atom is -0.311 e. The van der Waals surface area contributed by atoms with Gasteiger partial charge >= 0.3 is 0 Å². The predicted molar refractivity (Wildman–Crippen MR) is 123 cm³/mol. The average Bonchev–Trinajstić information content (AvgIpc) is 2.73. The van der Waals surface area contributed by atoms with Crippen molar-refractivity contribution in [2.24, 2.45) is 0 Å². The number of aryl methyl sites for hydroxylation is 4. The summed E-state index contributed by atoms with van der Waals surface area (Å²) in [5.74, 6) is 0. The van der Waals surface area contributed by atoms with Gasteiger partial charge in [0.1, 0.15) is 0 Å². The molecule has 0 saturated heterocycles. The van der Waals surface area contributed by atoms with Gasteiger partial charge in [0.2, 0.25) is 0 Å². The maximum absolute atomic E-state index is 2.35. The van der Waals surface area contributed by atoms with E-state index in [0.29, 0.717) is 0 Å². The lowest BCUT2D eigenvalue weighted by atomic mass is 9.86. The first-order valence-electron chi connectivity index (χ1n) is 10.3. The first-order chi connectivity index (χ1) is 14.2. The lowest BCUT2D eigenvalue weighted by molar-refractivity contribution is 0.840. The maximum atomic E-state index is 2.35. The molecule has 0 N–H and O–H groups in total. The smallest absolute Gasteiger partial charge is 0.0462 e. The van der Waals surface area contributed by atoms with Gasteiger partial charge in [0.05, 0.1) is 0 Å². The van der Waals surface area contributed by atoms with Crippen molar-refractivity contribution in [1.82, 2.24) is 0 Å². The molecule has 0 bridgehead atoms. The van der Waals surface area contributed by atoms with Crippen LogP contribution in [0.25, 0.3) is 11.1 Å². The largest absolute Gasteiger partial charge is 0.311 e. The summed E-state index contributed by atoms with van der Waals surface area (Å²) in [6, 6.07) is 33.3. The first-order valence-corrected chi connectivity index (χ1v) is 10.3. The van der Waals surface area contributed by atoms with Crippen LogP contribution in [0.1, 0.15) is 22.3 Å². The van der Waals surface area contributed by atoms with E-state index in [1.807, 2.05) is 0 Å². The fourth-order valence-corrected chi connectivity index (χ4v) is 4.01. The summed E-state index contributed by atoms with van der Waals surface area (Å²) in [6.45, 7) is 4.26. The van der Waals surface area contributed by atoms with Gasteiger partial charge in [-0.2, -0.15) is 0 Å². The van der Waals surface area contributed by atoms with Gasteiger partial charge in [-0.05, 0) is 85.3 Å². The molecular weight excluding hydrogens is 350 g/mol. The van der Waals surface area contributed by atoms with Crippen LogP contribution in [-0.4, -0.2) is 0 Å². The summed E-state index contributed by atoms with van der Waals surface area (Å²) in [6.07, 6.45) is 2.45. The van der Waals surface area contributed by atoms with E-state index in [0.717, 1.165) is 0 Å². The second-order valence-corrected chi connectivity index (χ2v) is 8.04. The Morgan fingerprint density at radius 2 is 0.931 bits per heavy atom. The van der Waals surface area contributed by atoms with Crippen molar-refractivity contribution in [3.05, 3.63) is 113 Å². The van der Waals surface area contributed by atoms with Crippen LogP contribution in [0, 0.1) is 13.8 Å². The van der Waals surface area contributed by atoms with Gasteiger partial charge in [-0.3, -0.25) is 0 Å². The van der Waals surface area contributed by atoms with Gasteiger partial charge < -0.3 is 4.90 Å². The molecule has 0 atom stereocenters. The molecule has 0 unspecified atom stereocenters. The molecule has 142 valence electrons. The molecule has 1 nitrogen and oxygen atoms in total. The molecule has 4 aromatic rings. The van der Waals surface area contributed by atoms with Gasteiger partial charge in [0.15, 0.2) is 0 Å². The molecule has 0 amide bonds. The van der Waals surface area contributed by atoms with Gasteiger partial charge in [-0.1, -0.05) is 65.7 Å². The Morgan fingerprint density at radius 1 is 0.483 bits per heavy atom. The van der Waals surface area contributed by atoms with Crippen molar-refractivity contribution in [3.8, 4) is 11.1 Å². The van der Waals surface area contributed by atoms with Crippen LogP contribution in [0.15, 0.2) is 91.0 Å². The standard InChI is InChI=1S/C28H25N/c1-20-3-13-26(14-4-20)29(27-15-5-21(2)6-16-27)28-17-11-23(12-18-28)25-10-8-22-7-9-24(22)19-25/h3-6,8,10-19H,7,9H2,1-2H3. The number of rotatable bonds is 4. The Balaban J connectivity index is 1.53. The second-order valence-electron chi connectivity index (χ2n) is 8.04. The molecule has 0 spiro atoms. The van der Waals surface area contributed by atoms with Crippen LogP contribution in [0.4, 0.5) is 17.1 Å². The Morgan fingerprint density at radius 3 is 1.38 bits per heavy atom. The molecule has 29 heavy (non-hydrogen) atoms. The lowest BCUT2D eigenvalue weighted by Gasteiger charge is -2.26. The highest BCUT2D eigenvalue weighted by Gasteiger charge is 2.15. The number of fused-ring (bicyclic) bond motifs is 1. The fourth-order valence-electron chi connectivity index (χ4n) is 4.01. The Hall–Kier alpha value is -3.32. The van der Waals surface area contributed by atoms with Crippen molar-refractivity contribution in [2.75, 3.05) is 4.90 Å². The summed E-state index contributed by atoms with van der Waals surface area (Å²) in [7, 11) is 0. The summed E-state index contributed by atoms with van der Waals surface area (Å²) < 4.78 is 0. The SMILES string of the molecule is Cc1ccc(N(c2ccc(C)cc2)c2ccc(-c3ccc4c(c3)CC4)cc2)cc1. The van der Waals surface area contributed by atoms with Crippen molar-refractivity contribution >= 4 is 17.1 Å². The number of nitrogens with zero attached hydrogens (tertiary/aromatic N) is 1. The van der Waals surface area contributed by atoms with E-state index in [4.69, 9.17) is 0 Å². The van der Waals surface area contributed by atoms with E-state index < -0.39 is 0 Å². The van der Waals surface area contributed by atoms with Crippen molar-refractivity contribution in [1.29, 1.82) is 0 Å². The molecule has 0 aromatic heterocycles. The zero-order valence-corrected chi connectivity index (χ0v) is 17.0. The minimum atomic E-state index is 1.17. The third-order valence-electron chi connectivity index (χ3n) is 5.91. The topological polar surface area (TPSA) is 3.24 Å². The van der Waals surface area contributed by atoms with E-state index in [1.54, 1.807) is 0 Å².